The summed E-state index contributed by atoms with van der Waals surface area (Å²) in [5.74, 6) is -0.366. The Morgan fingerprint density at radius 1 is 1.43 bits per heavy atom. The van der Waals surface area contributed by atoms with Gasteiger partial charge >= 0.3 is 0 Å². The minimum absolute atomic E-state index is 0.240. The fourth-order valence-electron chi connectivity index (χ4n) is 1.66. The average Bonchev–Trinajstić information content (AvgIpc) is 3.26. The Balaban J connectivity index is 1.62. The van der Waals surface area contributed by atoms with Crippen LogP contribution >= 0.6 is 45.9 Å². The van der Waals surface area contributed by atoms with Crippen molar-refractivity contribution in [1.82, 2.24) is 20.0 Å². The number of carbonyl (C=O) groups is 1. The molecule has 23 heavy (non-hydrogen) atoms. The number of thiazole rings is 1. The number of imidazole rings is 1. The van der Waals surface area contributed by atoms with Crippen molar-refractivity contribution in [2.75, 3.05) is 0 Å². The van der Waals surface area contributed by atoms with Gasteiger partial charge in [0.1, 0.15) is 15.9 Å². The first-order chi connectivity index (χ1) is 11.1. The highest BCUT2D eigenvalue weighted by molar-refractivity contribution is 7.11. The third-order valence-corrected chi connectivity index (χ3v) is 5.13. The molecule has 118 valence electrons. The van der Waals surface area contributed by atoms with Crippen molar-refractivity contribution in [2.24, 2.45) is 5.10 Å². The van der Waals surface area contributed by atoms with Gasteiger partial charge in [-0.15, -0.1) is 22.7 Å². The van der Waals surface area contributed by atoms with Gasteiger partial charge in [-0.25, -0.2) is 15.4 Å². The third kappa shape index (κ3) is 3.97. The van der Waals surface area contributed by atoms with Crippen LogP contribution in [-0.4, -0.2) is 26.7 Å². The fraction of sp³-hybridized carbons (Fsp3) is 0.0769. The second-order valence-electron chi connectivity index (χ2n) is 4.30. The predicted molar refractivity (Wildman–Crippen MR) is 92.8 cm³/mol. The summed E-state index contributed by atoms with van der Waals surface area (Å²) in [5.41, 5.74) is 2.75. The first-order valence-corrected chi connectivity index (χ1v) is 8.82. The second kappa shape index (κ2) is 7.22. The van der Waals surface area contributed by atoms with Crippen LogP contribution in [0.25, 0.3) is 0 Å². The minimum Gasteiger partial charge on any atom is -0.313 e. The maximum Gasteiger partial charge on any atom is 0.290 e. The summed E-state index contributed by atoms with van der Waals surface area (Å²) < 4.78 is 1.65. The topological polar surface area (TPSA) is 72.2 Å². The highest BCUT2D eigenvalue weighted by Crippen LogP contribution is 2.21. The van der Waals surface area contributed by atoms with Crippen LogP contribution in [0, 0.1) is 0 Å². The molecule has 3 aromatic rings. The van der Waals surface area contributed by atoms with Crippen LogP contribution < -0.4 is 5.43 Å². The lowest BCUT2D eigenvalue weighted by Gasteiger charge is -1.99. The molecule has 0 bridgehead atoms. The standard InChI is InChI=1S/C13H9Cl2N5OS2/c14-11-12(15)20(7-16-11)5-10-18-9(6-23-10)13(21)19-17-4-8-2-1-3-22-8/h1-4,6-7H,5H2,(H,19,21)/b17-4+. The van der Waals surface area contributed by atoms with E-state index in [1.807, 2.05) is 17.5 Å². The van der Waals surface area contributed by atoms with Gasteiger partial charge < -0.3 is 4.57 Å². The van der Waals surface area contributed by atoms with Crippen molar-refractivity contribution in [3.05, 3.63) is 55.1 Å². The number of rotatable bonds is 5. The van der Waals surface area contributed by atoms with Gasteiger partial charge in [0.05, 0.1) is 19.1 Å². The van der Waals surface area contributed by atoms with E-state index in [4.69, 9.17) is 23.2 Å². The molecule has 0 atom stereocenters. The minimum atomic E-state index is -0.366. The zero-order valence-electron chi connectivity index (χ0n) is 11.4. The maximum atomic E-state index is 12.0. The lowest BCUT2D eigenvalue weighted by atomic mass is 10.5. The number of nitrogens with zero attached hydrogens (tertiary/aromatic N) is 4. The van der Waals surface area contributed by atoms with E-state index in [9.17, 15) is 4.79 Å². The highest BCUT2D eigenvalue weighted by Gasteiger charge is 2.12. The van der Waals surface area contributed by atoms with Gasteiger partial charge in [-0.2, -0.15) is 5.10 Å². The number of thiophene rings is 1. The van der Waals surface area contributed by atoms with Crippen LogP contribution in [0.4, 0.5) is 0 Å². The van der Waals surface area contributed by atoms with Crippen LogP contribution in [0.3, 0.4) is 0 Å². The fourth-order valence-corrected chi connectivity index (χ4v) is 3.32. The normalized spacial score (nSPS) is 11.2. The van der Waals surface area contributed by atoms with Crippen molar-refractivity contribution in [3.63, 3.8) is 0 Å². The number of amides is 1. The van der Waals surface area contributed by atoms with Gasteiger partial charge in [0, 0.05) is 10.3 Å². The molecule has 6 nitrogen and oxygen atoms in total. The zero-order valence-corrected chi connectivity index (χ0v) is 14.6. The molecule has 0 radical (unpaired) electrons. The van der Waals surface area contributed by atoms with Gasteiger partial charge in [-0.3, -0.25) is 4.79 Å². The molecule has 0 aliphatic carbocycles. The first kappa shape index (κ1) is 16.1. The van der Waals surface area contributed by atoms with E-state index < -0.39 is 0 Å². The molecule has 3 heterocycles. The molecule has 0 fully saturated rings. The molecule has 3 rings (SSSR count). The average molecular weight is 386 g/mol. The summed E-state index contributed by atoms with van der Waals surface area (Å²) in [4.78, 5) is 21.1. The van der Waals surface area contributed by atoms with E-state index in [2.05, 4.69) is 20.5 Å². The molecule has 0 saturated heterocycles. The number of hydrazone groups is 1. The number of halogens is 2. The Hall–Kier alpha value is -1.74. The SMILES string of the molecule is O=C(N/N=C/c1cccs1)c1csc(Cn2cnc(Cl)c2Cl)n1. The molecule has 1 N–H and O–H groups in total. The summed E-state index contributed by atoms with van der Waals surface area (Å²) in [6.07, 6.45) is 3.11. The molecule has 0 aromatic carbocycles. The van der Waals surface area contributed by atoms with Crippen LogP contribution in [0.1, 0.15) is 20.4 Å². The third-order valence-electron chi connectivity index (χ3n) is 2.72. The van der Waals surface area contributed by atoms with E-state index >= 15 is 0 Å². The van der Waals surface area contributed by atoms with Crippen molar-refractivity contribution < 1.29 is 4.79 Å². The van der Waals surface area contributed by atoms with Crippen molar-refractivity contribution in [3.8, 4) is 0 Å². The van der Waals surface area contributed by atoms with Crippen LogP contribution in [-0.2, 0) is 6.54 Å². The van der Waals surface area contributed by atoms with Gasteiger partial charge in [0.15, 0.2) is 5.15 Å². The van der Waals surface area contributed by atoms with E-state index in [-0.39, 0.29) is 11.1 Å². The first-order valence-electron chi connectivity index (χ1n) is 6.31. The Morgan fingerprint density at radius 3 is 3.00 bits per heavy atom. The largest absolute Gasteiger partial charge is 0.313 e. The molecule has 3 aromatic heterocycles. The Bertz CT molecular complexity index is 841. The smallest absolute Gasteiger partial charge is 0.290 e. The monoisotopic (exact) mass is 385 g/mol. The van der Waals surface area contributed by atoms with Gasteiger partial charge in [0.25, 0.3) is 5.91 Å². The quantitative estimate of drug-likeness (QED) is 0.539. The Kier molecular flexibility index (Phi) is 5.06. The van der Waals surface area contributed by atoms with E-state index in [1.165, 1.54) is 29.0 Å². The molecule has 0 aliphatic rings. The van der Waals surface area contributed by atoms with Gasteiger partial charge in [0.2, 0.25) is 0 Å². The molecule has 0 aliphatic heterocycles. The predicted octanol–water partition coefficient (Wildman–Crippen LogP) is 3.52. The lowest BCUT2D eigenvalue weighted by Crippen LogP contribution is -2.18. The van der Waals surface area contributed by atoms with Crippen molar-refractivity contribution >= 4 is 58.0 Å². The number of hydrogen-bond donors (Lipinski definition) is 1. The van der Waals surface area contributed by atoms with E-state index in [0.29, 0.717) is 22.4 Å². The van der Waals surface area contributed by atoms with Gasteiger partial charge in [-0.05, 0) is 11.4 Å². The summed E-state index contributed by atoms with van der Waals surface area (Å²) in [6, 6.07) is 3.81. The van der Waals surface area contributed by atoms with Crippen LogP contribution in [0.2, 0.25) is 10.3 Å². The van der Waals surface area contributed by atoms with Crippen LogP contribution in [0.5, 0.6) is 0 Å². The molecule has 1 amide bonds. The molecular weight excluding hydrogens is 377 g/mol. The van der Waals surface area contributed by atoms with E-state index in [1.54, 1.807) is 16.2 Å². The van der Waals surface area contributed by atoms with Crippen molar-refractivity contribution in [1.29, 1.82) is 0 Å². The molecule has 0 saturated carbocycles. The Labute approximate surface area is 149 Å². The Morgan fingerprint density at radius 2 is 2.30 bits per heavy atom. The number of hydrogen-bond acceptors (Lipinski definition) is 6. The molecule has 0 spiro atoms. The summed E-state index contributed by atoms with van der Waals surface area (Å²) in [5, 5.41) is 8.79. The van der Waals surface area contributed by atoms with Crippen LogP contribution in [0.15, 0.2) is 34.3 Å². The number of aromatic nitrogens is 3. The van der Waals surface area contributed by atoms with E-state index in [0.717, 1.165) is 4.88 Å². The van der Waals surface area contributed by atoms with Crippen molar-refractivity contribution in [2.45, 2.75) is 6.54 Å². The summed E-state index contributed by atoms with van der Waals surface area (Å²) in [6.45, 7) is 0.398. The molecule has 0 unspecified atom stereocenters. The molecule has 10 heteroatoms. The summed E-state index contributed by atoms with van der Waals surface area (Å²) in [7, 11) is 0. The summed E-state index contributed by atoms with van der Waals surface area (Å²) >= 11 is 14.7. The lowest BCUT2D eigenvalue weighted by molar-refractivity contribution is 0.0950. The zero-order chi connectivity index (χ0) is 16.2. The number of carbonyl (C=O) groups excluding carboxylic acids is 1. The second-order valence-corrected chi connectivity index (χ2v) is 6.93. The van der Waals surface area contributed by atoms with Gasteiger partial charge in [-0.1, -0.05) is 29.3 Å². The molecular formula is C13H9Cl2N5OS2. The number of nitrogens with one attached hydrogen (secondary N) is 1. The highest BCUT2D eigenvalue weighted by atomic mass is 35.5. The maximum absolute atomic E-state index is 12.0.